The molecule has 0 radical (unpaired) electrons. The molecule has 0 aromatic heterocycles. The zero-order valence-electron chi connectivity index (χ0n) is 8.12. The second kappa shape index (κ2) is 5.24. The molecule has 0 aliphatic heterocycles. The van der Waals surface area contributed by atoms with Crippen LogP contribution in [0.2, 0.25) is 0 Å². The molecule has 0 fully saturated rings. The van der Waals surface area contributed by atoms with Gasteiger partial charge in [-0.05, 0) is 12.1 Å². The third-order valence-electron chi connectivity index (χ3n) is 1.54. The molecule has 4 nitrogen and oxygen atoms in total. The van der Waals surface area contributed by atoms with E-state index in [1.165, 1.54) is 6.92 Å². The van der Waals surface area contributed by atoms with E-state index in [0.717, 1.165) is 5.69 Å². The van der Waals surface area contributed by atoms with Crippen molar-refractivity contribution in [3.63, 3.8) is 0 Å². The van der Waals surface area contributed by atoms with Crippen LogP contribution in [0, 0.1) is 0 Å². The molecule has 4 heteroatoms. The van der Waals surface area contributed by atoms with Gasteiger partial charge in [0.2, 0.25) is 5.91 Å². The second-order valence-electron chi connectivity index (χ2n) is 2.85. The highest BCUT2D eigenvalue weighted by molar-refractivity contribution is 5.88. The largest absolute Gasteiger partial charge is 0.492 e. The fraction of sp³-hybridized carbons (Fsp3) is 0.300. The number of nitrogens with one attached hydrogen (secondary N) is 1. The molecular formula is C10H14N2O2. The van der Waals surface area contributed by atoms with Gasteiger partial charge in [-0.2, -0.15) is 0 Å². The van der Waals surface area contributed by atoms with E-state index < -0.39 is 0 Å². The van der Waals surface area contributed by atoms with Crippen molar-refractivity contribution >= 4 is 11.6 Å². The maximum atomic E-state index is 10.8. The highest BCUT2D eigenvalue weighted by atomic mass is 16.5. The van der Waals surface area contributed by atoms with Crippen molar-refractivity contribution in [3.8, 4) is 5.75 Å². The van der Waals surface area contributed by atoms with Gasteiger partial charge in [0.05, 0.1) is 0 Å². The number of nitrogens with two attached hydrogens (primary N) is 1. The van der Waals surface area contributed by atoms with Gasteiger partial charge in [0, 0.05) is 25.2 Å². The van der Waals surface area contributed by atoms with E-state index in [1.54, 1.807) is 12.1 Å². The van der Waals surface area contributed by atoms with Gasteiger partial charge in [-0.15, -0.1) is 0 Å². The molecule has 0 spiro atoms. The zero-order valence-corrected chi connectivity index (χ0v) is 8.12. The molecule has 3 N–H and O–H groups in total. The lowest BCUT2D eigenvalue weighted by Gasteiger charge is -2.06. The zero-order chi connectivity index (χ0) is 10.4. The average Bonchev–Trinajstić information content (AvgIpc) is 2.14. The van der Waals surface area contributed by atoms with Crippen molar-refractivity contribution in [2.24, 2.45) is 5.73 Å². The van der Waals surface area contributed by atoms with E-state index in [0.29, 0.717) is 18.9 Å². The van der Waals surface area contributed by atoms with E-state index >= 15 is 0 Å². The summed E-state index contributed by atoms with van der Waals surface area (Å²) in [6, 6.07) is 7.20. The lowest BCUT2D eigenvalue weighted by Crippen LogP contribution is -2.11. The van der Waals surface area contributed by atoms with Gasteiger partial charge in [-0.1, -0.05) is 6.07 Å². The summed E-state index contributed by atoms with van der Waals surface area (Å²) in [6.07, 6.45) is 0. The summed E-state index contributed by atoms with van der Waals surface area (Å²) < 4.78 is 5.30. The lowest BCUT2D eigenvalue weighted by molar-refractivity contribution is -0.114. The first kappa shape index (κ1) is 10.5. The molecule has 76 valence electrons. The smallest absolute Gasteiger partial charge is 0.221 e. The van der Waals surface area contributed by atoms with Crippen molar-refractivity contribution < 1.29 is 9.53 Å². The molecule has 1 amide bonds. The SMILES string of the molecule is CC(=O)Nc1cccc(OCCN)c1. The Morgan fingerprint density at radius 1 is 1.57 bits per heavy atom. The van der Waals surface area contributed by atoms with Gasteiger partial charge < -0.3 is 15.8 Å². The van der Waals surface area contributed by atoms with Crippen LogP contribution in [0.5, 0.6) is 5.75 Å². The minimum Gasteiger partial charge on any atom is -0.492 e. The van der Waals surface area contributed by atoms with Gasteiger partial charge in [-0.25, -0.2) is 0 Å². The Balaban J connectivity index is 2.63. The molecule has 0 saturated heterocycles. The summed E-state index contributed by atoms with van der Waals surface area (Å²) in [7, 11) is 0. The number of amides is 1. The molecule has 1 aromatic rings. The summed E-state index contributed by atoms with van der Waals surface area (Å²) in [4.78, 5) is 10.8. The number of rotatable bonds is 4. The Kier molecular flexibility index (Phi) is 3.94. The van der Waals surface area contributed by atoms with Crippen LogP contribution in [0.4, 0.5) is 5.69 Å². The van der Waals surface area contributed by atoms with Crippen LogP contribution in [0.1, 0.15) is 6.92 Å². The van der Waals surface area contributed by atoms with Crippen molar-refractivity contribution in [1.29, 1.82) is 0 Å². The van der Waals surface area contributed by atoms with E-state index in [4.69, 9.17) is 10.5 Å². The molecule has 0 aliphatic carbocycles. The fourth-order valence-corrected chi connectivity index (χ4v) is 1.04. The molecule has 1 aromatic carbocycles. The monoisotopic (exact) mass is 194 g/mol. The number of carbonyl (C=O) groups is 1. The predicted molar refractivity (Wildman–Crippen MR) is 55.3 cm³/mol. The average molecular weight is 194 g/mol. The number of hydrogen-bond donors (Lipinski definition) is 2. The Morgan fingerprint density at radius 3 is 3.00 bits per heavy atom. The summed E-state index contributed by atoms with van der Waals surface area (Å²) in [5.74, 6) is 0.614. The molecular weight excluding hydrogens is 180 g/mol. The van der Waals surface area contributed by atoms with E-state index in [1.807, 2.05) is 12.1 Å². The molecule has 0 unspecified atom stereocenters. The number of benzene rings is 1. The number of ether oxygens (including phenoxy) is 1. The molecule has 1 rings (SSSR count). The van der Waals surface area contributed by atoms with Gasteiger partial charge in [-0.3, -0.25) is 4.79 Å². The number of hydrogen-bond acceptors (Lipinski definition) is 3. The lowest BCUT2D eigenvalue weighted by atomic mass is 10.3. The Labute approximate surface area is 83.1 Å². The predicted octanol–water partition coefficient (Wildman–Crippen LogP) is 0.982. The molecule has 0 bridgehead atoms. The van der Waals surface area contributed by atoms with Gasteiger partial charge >= 0.3 is 0 Å². The second-order valence-corrected chi connectivity index (χ2v) is 2.85. The van der Waals surface area contributed by atoms with Crippen LogP contribution in [0.15, 0.2) is 24.3 Å². The first-order chi connectivity index (χ1) is 6.72. The standard InChI is InChI=1S/C10H14N2O2/c1-8(13)12-9-3-2-4-10(7-9)14-6-5-11/h2-4,7H,5-6,11H2,1H3,(H,12,13). The van der Waals surface area contributed by atoms with E-state index in [9.17, 15) is 4.79 Å². The van der Waals surface area contributed by atoms with Gasteiger partial charge in [0.15, 0.2) is 0 Å². The molecule has 0 atom stereocenters. The van der Waals surface area contributed by atoms with Crippen LogP contribution in [0.3, 0.4) is 0 Å². The van der Waals surface area contributed by atoms with Gasteiger partial charge in [0.25, 0.3) is 0 Å². The van der Waals surface area contributed by atoms with E-state index in [2.05, 4.69) is 5.32 Å². The topological polar surface area (TPSA) is 64.3 Å². The number of anilines is 1. The highest BCUT2D eigenvalue weighted by Gasteiger charge is 1.97. The minimum atomic E-state index is -0.0963. The van der Waals surface area contributed by atoms with Gasteiger partial charge in [0.1, 0.15) is 12.4 Å². The number of carbonyl (C=O) groups excluding carboxylic acids is 1. The Hall–Kier alpha value is -1.55. The van der Waals surface area contributed by atoms with Crippen LogP contribution >= 0.6 is 0 Å². The van der Waals surface area contributed by atoms with Crippen LogP contribution in [-0.4, -0.2) is 19.1 Å². The molecule has 0 aliphatic rings. The van der Waals surface area contributed by atoms with Crippen molar-refractivity contribution in [1.82, 2.24) is 0 Å². The first-order valence-electron chi connectivity index (χ1n) is 4.43. The maximum absolute atomic E-state index is 10.8. The van der Waals surface area contributed by atoms with E-state index in [-0.39, 0.29) is 5.91 Å². The summed E-state index contributed by atoms with van der Waals surface area (Å²) in [5.41, 5.74) is 6.03. The summed E-state index contributed by atoms with van der Waals surface area (Å²) in [5, 5.41) is 2.67. The van der Waals surface area contributed by atoms with Crippen molar-refractivity contribution in [2.75, 3.05) is 18.5 Å². The third kappa shape index (κ3) is 3.45. The van der Waals surface area contributed by atoms with Crippen molar-refractivity contribution in [3.05, 3.63) is 24.3 Å². The summed E-state index contributed by atoms with van der Waals surface area (Å²) >= 11 is 0. The molecule has 14 heavy (non-hydrogen) atoms. The Bertz CT molecular complexity index is 313. The minimum absolute atomic E-state index is 0.0963. The first-order valence-corrected chi connectivity index (χ1v) is 4.43. The third-order valence-corrected chi connectivity index (χ3v) is 1.54. The summed E-state index contributed by atoms with van der Waals surface area (Å²) in [6.45, 7) is 2.42. The van der Waals surface area contributed by atoms with Crippen LogP contribution in [-0.2, 0) is 4.79 Å². The molecule has 0 saturated carbocycles. The Morgan fingerprint density at radius 2 is 2.36 bits per heavy atom. The maximum Gasteiger partial charge on any atom is 0.221 e. The van der Waals surface area contributed by atoms with Crippen LogP contribution in [0.25, 0.3) is 0 Å². The normalized spacial score (nSPS) is 9.57. The highest BCUT2D eigenvalue weighted by Crippen LogP contribution is 2.16. The molecule has 0 heterocycles. The van der Waals surface area contributed by atoms with Crippen LogP contribution < -0.4 is 15.8 Å². The fourth-order valence-electron chi connectivity index (χ4n) is 1.04. The van der Waals surface area contributed by atoms with Crippen molar-refractivity contribution in [2.45, 2.75) is 6.92 Å². The quantitative estimate of drug-likeness (QED) is 0.751.